The highest BCUT2D eigenvalue weighted by Crippen LogP contribution is 2.19. The molecular formula is C14H22N4. The smallest absolute Gasteiger partial charge is 0.203 e. The Labute approximate surface area is 108 Å². The number of anilines is 1. The van der Waals surface area contributed by atoms with Crippen molar-refractivity contribution in [1.82, 2.24) is 9.55 Å². The predicted molar refractivity (Wildman–Crippen MR) is 76.7 cm³/mol. The van der Waals surface area contributed by atoms with Crippen molar-refractivity contribution < 1.29 is 0 Å². The van der Waals surface area contributed by atoms with Crippen LogP contribution in [-0.2, 0) is 6.54 Å². The molecule has 18 heavy (non-hydrogen) atoms. The van der Waals surface area contributed by atoms with Gasteiger partial charge < -0.3 is 15.6 Å². The van der Waals surface area contributed by atoms with Crippen LogP contribution in [0, 0.1) is 5.92 Å². The number of fused-ring (bicyclic) bond motifs is 1. The molecular weight excluding hydrogens is 224 g/mol. The van der Waals surface area contributed by atoms with E-state index in [9.17, 15) is 0 Å². The molecule has 0 unspecified atom stereocenters. The molecule has 0 atom stereocenters. The molecule has 4 heteroatoms. The zero-order valence-electron chi connectivity index (χ0n) is 11.2. The van der Waals surface area contributed by atoms with E-state index >= 15 is 0 Å². The van der Waals surface area contributed by atoms with Gasteiger partial charge in [0, 0.05) is 19.6 Å². The summed E-state index contributed by atoms with van der Waals surface area (Å²) in [7, 11) is 0. The highest BCUT2D eigenvalue weighted by molar-refractivity contribution is 5.78. The SMILES string of the molecule is CC(C)CCNc1nc2ccccc2n1CCN. The average molecular weight is 246 g/mol. The molecule has 1 aromatic carbocycles. The lowest BCUT2D eigenvalue weighted by Gasteiger charge is -2.10. The number of rotatable bonds is 6. The molecule has 0 saturated carbocycles. The van der Waals surface area contributed by atoms with Gasteiger partial charge in [0.15, 0.2) is 0 Å². The quantitative estimate of drug-likeness (QED) is 0.823. The standard InChI is InChI=1S/C14H22N4/c1-11(2)7-9-16-14-17-12-5-3-4-6-13(12)18(14)10-8-15/h3-6,11H,7-10,15H2,1-2H3,(H,16,17). The summed E-state index contributed by atoms with van der Waals surface area (Å²) in [6, 6.07) is 8.18. The van der Waals surface area contributed by atoms with E-state index in [1.54, 1.807) is 0 Å². The third kappa shape index (κ3) is 2.82. The van der Waals surface area contributed by atoms with Crippen molar-refractivity contribution >= 4 is 17.0 Å². The fourth-order valence-corrected chi connectivity index (χ4v) is 2.04. The summed E-state index contributed by atoms with van der Waals surface area (Å²) >= 11 is 0. The largest absolute Gasteiger partial charge is 0.356 e. The summed E-state index contributed by atoms with van der Waals surface area (Å²) in [5.41, 5.74) is 7.85. The summed E-state index contributed by atoms with van der Waals surface area (Å²) in [6.45, 7) is 6.82. The van der Waals surface area contributed by atoms with Gasteiger partial charge >= 0.3 is 0 Å². The van der Waals surface area contributed by atoms with E-state index in [2.05, 4.69) is 34.8 Å². The maximum atomic E-state index is 5.68. The zero-order valence-corrected chi connectivity index (χ0v) is 11.2. The molecule has 4 nitrogen and oxygen atoms in total. The molecule has 0 radical (unpaired) electrons. The maximum Gasteiger partial charge on any atom is 0.203 e. The highest BCUT2D eigenvalue weighted by Gasteiger charge is 2.08. The van der Waals surface area contributed by atoms with Gasteiger partial charge in [0.2, 0.25) is 5.95 Å². The second kappa shape index (κ2) is 5.87. The number of imidazole rings is 1. The predicted octanol–water partition coefficient (Wildman–Crippen LogP) is 2.45. The van der Waals surface area contributed by atoms with Crippen LogP contribution in [0.15, 0.2) is 24.3 Å². The van der Waals surface area contributed by atoms with Crippen molar-refractivity contribution in [3.8, 4) is 0 Å². The molecule has 3 N–H and O–H groups in total. The van der Waals surface area contributed by atoms with E-state index in [-0.39, 0.29) is 0 Å². The first-order valence-electron chi connectivity index (χ1n) is 6.61. The normalized spacial score (nSPS) is 11.3. The third-order valence-corrected chi connectivity index (χ3v) is 3.01. The van der Waals surface area contributed by atoms with Gasteiger partial charge in [0.1, 0.15) is 0 Å². The van der Waals surface area contributed by atoms with E-state index in [4.69, 9.17) is 5.73 Å². The number of benzene rings is 1. The maximum absolute atomic E-state index is 5.68. The Hall–Kier alpha value is -1.55. The number of hydrogen-bond donors (Lipinski definition) is 2. The minimum atomic E-state index is 0.624. The van der Waals surface area contributed by atoms with Crippen LogP contribution in [0.2, 0.25) is 0 Å². The zero-order chi connectivity index (χ0) is 13.0. The van der Waals surface area contributed by atoms with Crippen LogP contribution in [0.4, 0.5) is 5.95 Å². The third-order valence-electron chi connectivity index (χ3n) is 3.01. The van der Waals surface area contributed by atoms with Crippen molar-refractivity contribution in [2.75, 3.05) is 18.4 Å². The molecule has 1 aromatic heterocycles. The lowest BCUT2D eigenvalue weighted by Crippen LogP contribution is -2.14. The first-order chi connectivity index (χ1) is 8.72. The van der Waals surface area contributed by atoms with Crippen LogP contribution in [0.1, 0.15) is 20.3 Å². The Balaban J connectivity index is 2.22. The Morgan fingerprint density at radius 3 is 2.83 bits per heavy atom. The van der Waals surface area contributed by atoms with Crippen LogP contribution in [0.3, 0.4) is 0 Å². The molecule has 0 spiro atoms. The van der Waals surface area contributed by atoms with E-state index in [0.29, 0.717) is 12.5 Å². The molecule has 1 heterocycles. The van der Waals surface area contributed by atoms with Gasteiger partial charge in [0.25, 0.3) is 0 Å². The van der Waals surface area contributed by atoms with Crippen molar-refractivity contribution in [3.63, 3.8) is 0 Å². The lowest BCUT2D eigenvalue weighted by molar-refractivity contribution is 0.603. The topological polar surface area (TPSA) is 55.9 Å². The number of nitrogens with two attached hydrogens (primary N) is 1. The second-order valence-electron chi connectivity index (χ2n) is 4.97. The van der Waals surface area contributed by atoms with Crippen molar-refractivity contribution in [3.05, 3.63) is 24.3 Å². The molecule has 0 aliphatic heterocycles. The first-order valence-corrected chi connectivity index (χ1v) is 6.61. The van der Waals surface area contributed by atoms with Crippen LogP contribution in [-0.4, -0.2) is 22.6 Å². The van der Waals surface area contributed by atoms with E-state index in [0.717, 1.165) is 36.5 Å². The van der Waals surface area contributed by atoms with E-state index in [1.165, 1.54) is 0 Å². The van der Waals surface area contributed by atoms with Gasteiger partial charge in [-0.1, -0.05) is 26.0 Å². The van der Waals surface area contributed by atoms with E-state index in [1.807, 2.05) is 18.2 Å². The summed E-state index contributed by atoms with van der Waals surface area (Å²) in [4.78, 5) is 4.62. The van der Waals surface area contributed by atoms with Gasteiger partial charge in [-0.15, -0.1) is 0 Å². The van der Waals surface area contributed by atoms with Gasteiger partial charge in [-0.05, 0) is 24.5 Å². The molecule has 0 saturated heterocycles. The van der Waals surface area contributed by atoms with Gasteiger partial charge in [-0.3, -0.25) is 0 Å². The van der Waals surface area contributed by atoms with Crippen LogP contribution in [0.5, 0.6) is 0 Å². The number of hydrogen-bond acceptors (Lipinski definition) is 3. The fourth-order valence-electron chi connectivity index (χ4n) is 2.04. The Morgan fingerprint density at radius 2 is 2.11 bits per heavy atom. The molecule has 2 aromatic rings. The summed E-state index contributed by atoms with van der Waals surface area (Å²) in [6.07, 6.45) is 1.14. The first kappa shape index (κ1) is 12.9. The molecule has 0 aliphatic carbocycles. The molecule has 0 bridgehead atoms. The summed E-state index contributed by atoms with van der Waals surface area (Å²) < 4.78 is 2.16. The minimum absolute atomic E-state index is 0.624. The van der Waals surface area contributed by atoms with Crippen LogP contribution < -0.4 is 11.1 Å². The monoisotopic (exact) mass is 246 g/mol. The summed E-state index contributed by atoms with van der Waals surface area (Å²) in [5, 5.41) is 3.42. The number of nitrogens with zero attached hydrogens (tertiary/aromatic N) is 2. The fraction of sp³-hybridized carbons (Fsp3) is 0.500. The Kier molecular flexibility index (Phi) is 4.20. The average Bonchev–Trinajstić information content (AvgIpc) is 2.68. The van der Waals surface area contributed by atoms with Crippen LogP contribution >= 0.6 is 0 Å². The molecule has 98 valence electrons. The Bertz CT molecular complexity index is 501. The lowest BCUT2D eigenvalue weighted by atomic mass is 10.1. The van der Waals surface area contributed by atoms with Gasteiger partial charge in [0.05, 0.1) is 11.0 Å². The molecule has 0 aliphatic rings. The van der Waals surface area contributed by atoms with Gasteiger partial charge in [-0.2, -0.15) is 0 Å². The highest BCUT2D eigenvalue weighted by atomic mass is 15.2. The summed E-state index contributed by atoms with van der Waals surface area (Å²) in [5.74, 6) is 1.63. The van der Waals surface area contributed by atoms with Crippen molar-refractivity contribution in [2.24, 2.45) is 11.7 Å². The van der Waals surface area contributed by atoms with Crippen LogP contribution in [0.25, 0.3) is 11.0 Å². The number of para-hydroxylation sites is 2. The number of aromatic nitrogens is 2. The van der Waals surface area contributed by atoms with E-state index < -0.39 is 0 Å². The Morgan fingerprint density at radius 1 is 1.33 bits per heavy atom. The minimum Gasteiger partial charge on any atom is -0.356 e. The number of nitrogens with one attached hydrogen (secondary N) is 1. The molecule has 2 rings (SSSR count). The van der Waals surface area contributed by atoms with Crippen molar-refractivity contribution in [1.29, 1.82) is 0 Å². The second-order valence-corrected chi connectivity index (χ2v) is 4.97. The molecule has 0 fully saturated rings. The molecule has 0 amide bonds. The van der Waals surface area contributed by atoms with Crippen molar-refractivity contribution in [2.45, 2.75) is 26.8 Å². The van der Waals surface area contributed by atoms with Gasteiger partial charge in [-0.25, -0.2) is 4.98 Å².